The average Bonchev–Trinajstić information content (AvgIpc) is 3.56. The second-order valence-electron chi connectivity index (χ2n) is 13.5. The van der Waals surface area contributed by atoms with Crippen LogP contribution in [-0.4, -0.2) is 97.7 Å². The van der Waals surface area contributed by atoms with Crippen LogP contribution >= 0.6 is 11.3 Å². The maximum atomic E-state index is 13.6. The molecule has 2 fully saturated rings. The summed E-state index contributed by atoms with van der Waals surface area (Å²) in [7, 11) is -5.90. The highest BCUT2D eigenvalue weighted by molar-refractivity contribution is 7.89. The van der Waals surface area contributed by atoms with E-state index in [4.69, 9.17) is 9.16 Å². The Kier molecular flexibility index (Phi) is 8.50. The number of aromatic nitrogens is 5. The van der Waals surface area contributed by atoms with Crippen molar-refractivity contribution in [3.63, 3.8) is 0 Å². The molecule has 0 spiro atoms. The van der Waals surface area contributed by atoms with Gasteiger partial charge in [0.25, 0.3) is 0 Å². The minimum absolute atomic E-state index is 0.0607. The molecular weight excluding hydrogens is 609 g/mol. The standard InChI is InChI=1S/C27H42N8O5S2Si/c1-18(2)24(36)34-11-9-33(10-12-34)20-13-19(42(37,38)31-27(6)16-39-17-27)14-21-23(20)29-32-35(21)25-30-28-22(41-25)15-40-43(7,8)26(3,4)5/h13-14,18,31H,9-12,15-17H2,1-8H3. The van der Waals surface area contributed by atoms with E-state index in [2.05, 4.69) is 64.0 Å². The first-order valence-electron chi connectivity index (χ1n) is 14.5. The van der Waals surface area contributed by atoms with Crippen molar-refractivity contribution >= 4 is 52.3 Å². The summed E-state index contributed by atoms with van der Waals surface area (Å²) < 4.78 is 43.2. The molecule has 1 N–H and O–H groups in total. The molecule has 4 heterocycles. The summed E-state index contributed by atoms with van der Waals surface area (Å²) in [6.07, 6.45) is 0. The highest BCUT2D eigenvalue weighted by Crippen LogP contribution is 2.37. The summed E-state index contributed by atoms with van der Waals surface area (Å²) in [6.45, 7) is 19.6. The van der Waals surface area contributed by atoms with Crippen molar-refractivity contribution in [1.29, 1.82) is 0 Å². The Bertz CT molecular complexity index is 1600. The molecule has 1 amide bonds. The number of fused-ring (bicyclic) bond motifs is 1. The van der Waals surface area contributed by atoms with Crippen molar-refractivity contribution in [2.75, 3.05) is 44.3 Å². The number of piperazine rings is 1. The van der Waals surface area contributed by atoms with Gasteiger partial charge in [0.2, 0.25) is 21.1 Å². The second kappa shape index (κ2) is 11.5. The molecule has 2 aliphatic rings. The molecule has 2 aliphatic heterocycles. The third-order valence-corrected chi connectivity index (χ3v) is 15.4. The smallest absolute Gasteiger partial charge is 0.241 e. The lowest BCUT2D eigenvalue weighted by Gasteiger charge is -2.38. The number of ether oxygens (including phenoxy) is 1. The van der Waals surface area contributed by atoms with Crippen molar-refractivity contribution in [3.05, 3.63) is 17.1 Å². The third-order valence-electron chi connectivity index (χ3n) is 8.46. The van der Waals surface area contributed by atoms with E-state index in [-0.39, 0.29) is 21.8 Å². The van der Waals surface area contributed by atoms with Crippen LogP contribution in [0.4, 0.5) is 5.69 Å². The summed E-state index contributed by atoms with van der Waals surface area (Å²) in [4.78, 5) is 16.6. The van der Waals surface area contributed by atoms with Crippen molar-refractivity contribution < 1.29 is 22.4 Å². The number of carbonyl (C=O) groups is 1. The Morgan fingerprint density at radius 1 is 1.14 bits per heavy atom. The van der Waals surface area contributed by atoms with Crippen LogP contribution in [0.15, 0.2) is 17.0 Å². The summed E-state index contributed by atoms with van der Waals surface area (Å²) in [6, 6.07) is 3.22. The molecule has 0 bridgehead atoms. The Balaban J connectivity index is 1.50. The third kappa shape index (κ3) is 6.49. The van der Waals surface area contributed by atoms with Gasteiger partial charge >= 0.3 is 0 Å². The number of nitrogens with zero attached hydrogens (tertiary/aromatic N) is 7. The average molecular weight is 651 g/mol. The van der Waals surface area contributed by atoms with Gasteiger partial charge in [0.05, 0.1) is 35.9 Å². The first-order chi connectivity index (χ1) is 20.0. The number of rotatable bonds is 9. The summed E-state index contributed by atoms with van der Waals surface area (Å²) in [5, 5.41) is 18.8. The van der Waals surface area contributed by atoms with Crippen molar-refractivity contribution in [2.45, 2.75) is 76.7 Å². The van der Waals surface area contributed by atoms with Crippen LogP contribution in [0.5, 0.6) is 0 Å². The van der Waals surface area contributed by atoms with Gasteiger partial charge in [0.1, 0.15) is 16.0 Å². The van der Waals surface area contributed by atoms with E-state index in [1.54, 1.807) is 12.1 Å². The van der Waals surface area contributed by atoms with E-state index in [0.717, 1.165) is 0 Å². The molecule has 0 atom stereocenters. The summed E-state index contributed by atoms with van der Waals surface area (Å²) in [5.74, 6) is 0.0236. The van der Waals surface area contributed by atoms with Gasteiger partial charge in [-0.25, -0.2) is 13.1 Å². The molecule has 2 aromatic heterocycles. The zero-order valence-corrected chi connectivity index (χ0v) is 28.8. The lowest BCUT2D eigenvalue weighted by Crippen LogP contribution is -2.59. The Morgan fingerprint density at radius 3 is 2.40 bits per heavy atom. The van der Waals surface area contributed by atoms with E-state index >= 15 is 0 Å². The minimum Gasteiger partial charge on any atom is -0.410 e. The predicted molar refractivity (Wildman–Crippen MR) is 167 cm³/mol. The molecule has 236 valence electrons. The van der Waals surface area contributed by atoms with Gasteiger partial charge in [-0.05, 0) is 37.2 Å². The molecule has 16 heteroatoms. The molecule has 0 unspecified atom stereocenters. The van der Waals surface area contributed by atoms with Crippen LogP contribution in [-0.2, 0) is 30.6 Å². The first-order valence-corrected chi connectivity index (χ1v) is 19.7. The SMILES string of the molecule is CC(C)C(=O)N1CCN(c2cc(S(=O)(=O)NC3(C)COC3)cc3c2nnn3-c2nnc(CO[Si](C)(C)C(C)(C)C)s2)CC1. The topological polar surface area (TPSA) is 145 Å². The Morgan fingerprint density at radius 2 is 1.81 bits per heavy atom. The van der Waals surface area contributed by atoms with Gasteiger partial charge in [0, 0.05) is 32.1 Å². The molecule has 1 aromatic carbocycles. The maximum Gasteiger partial charge on any atom is 0.241 e. The first kappa shape index (κ1) is 31.9. The van der Waals surface area contributed by atoms with Crippen molar-refractivity contribution in [1.82, 2.24) is 34.8 Å². The molecule has 2 saturated heterocycles. The van der Waals surface area contributed by atoms with Gasteiger partial charge in [-0.15, -0.1) is 15.3 Å². The largest absolute Gasteiger partial charge is 0.410 e. The second-order valence-corrected chi connectivity index (χ2v) is 21.0. The van der Waals surface area contributed by atoms with Gasteiger partial charge in [0.15, 0.2) is 8.32 Å². The fourth-order valence-electron chi connectivity index (χ4n) is 4.75. The van der Waals surface area contributed by atoms with Crippen molar-refractivity contribution in [2.24, 2.45) is 5.92 Å². The number of benzene rings is 1. The number of nitrogens with one attached hydrogen (secondary N) is 1. The monoisotopic (exact) mass is 650 g/mol. The van der Waals surface area contributed by atoms with Gasteiger partial charge in [-0.2, -0.15) is 4.68 Å². The van der Waals surface area contributed by atoms with Gasteiger partial charge in [-0.3, -0.25) is 4.79 Å². The maximum absolute atomic E-state index is 13.6. The van der Waals surface area contributed by atoms with Crippen LogP contribution < -0.4 is 9.62 Å². The number of hydrogen-bond donors (Lipinski definition) is 1. The Hall–Kier alpha value is -2.50. The molecular formula is C27H42N8O5S2Si. The fraction of sp³-hybridized carbons (Fsp3) is 0.667. The number of carbonyl (C=O) groups excluding carboxylic acids is 1. The van der Waals surface area contributed by atoms with Crippen LogP contribution in [0.3, 0.4) is 0 Å². The molecule has 0 aliphatic carbocycles. The minimum atomic E-state index is -3.92. The van der Waals surface area contributed by atoms with E-state index in [1.807, 2.05) is 25.7 Å². The van der Waals surface area contributed by atoms with Crippen LogP contribution in [0, 0.1) is 5.92 Å². The van der Waals surface area contributed by atoms with Gasteiger partial charge in [-0.1, -0.05) is 51.2 Å². The number of hydrogen-bond acceptors (Lipinski definition) is 11. The summed E-state index contributed by atoms with van der Waals surface area (Å²) >= 11 is 1.34. The number of sulfonamides is 1. The molecule has 13 nitrogen and oxygen atoms in total. The quantitative estimate of drug-likeness (QED) is 0.343. The van der Waals surface area contributed by atoms with Crippen LogP contribution in [0.1, 0.15) is 46.6 Å². The van der Waals surface area contributed by atoms with Crippen LogP contribution in [0.2, 0.25) is 18.1 Å². The molecule has 0 radical (unpaired) electrons. The van der Waals surface area contributed by atoms with Crippen LogP contribution in [0.25, 0.3) is 16.2 Å². The van der Waals surface area contributed by atoms with Crippen molar-refractivity contribution in [3.8, 4) is 5.13 Å². The zero-order chi connectivity index (χ0) is 31.4. The highest BCUT2D eigenvalue weighted by atomic mass is 32.2. The molecule has 43 heavy (non-hydrogen) atoms. The lowest BCUT2D eigenvalue weighted by atomic mass is 10.0. The number of amides is 1. The lowest BCUT2D eigenvalue weighted by molar-refractivity contribution is -0.134. The molecule has 5 rings (SSSR count). The summed E-state index contributed by atoms with van der Waals surface area (Å²) in [5.41, 5.74) is 1.02. The Labute approximate surface area is 258 Å². The van der Waals surface area contributed by atoms with E-state index in [0.29, 0.717) is 72.9 Å². The van der Waals surface area contributed by atoms with E-state index in [9.17, 15) is 13.2 Å². The highest BCUT2D eigenvalue weighted by Gasteiger charge is 2.39. The van der Waals surface area contributed by atoms with Gasteiger partial charge < -0.3 is 19.0 Å². The molecule has 3 aromatic rings. The predicted octanol–water partition coefficient (Wildman–Crippen LogP) is 3.17. The normalized spacial score (nSPS) is 18.0. The number of anilines is 1. The fourth-order valence-corrected chi connectivity index (χ4v) is 7.92. The zero-order valence-electron chi connectivity index (χ0n) is 26.2. The molecule has 0 saturated carbocycles. The van der Waals surface area contributed by atoms with E-state index in [1.165, 1.54) is 16.0 Å². The van der Waals surface area contributed by atoms with E-state index < -0.39 is 23.9 Å².